The second-order valence-corrected chi connectivity index (χ2v) is 7.36. The average molecular weight is 405 g/mol. The Kier molecular flexibility index (Phi) is 5.72. The van der Waals surface area contributed by atoms with Crippen LogP contribution in [0.25, 0.3) is 21.9 Å². The first kappa shape index (κ1) is 20.0. The zero-order valence-electron chi connectivity index (χ0n) is 17.5. The summed E-state index contributed by atoms with van der Waals surface area (Å²) in [6, 6.07) is 14.3. The first-order valence-electron chi connectivity index (χ1n) is 10.3. The predicted octanol–water partition coefficient (Wildman–Crippen LogP) is 3.89. The highest BCUT2D eigenvalue weighted by Gasteiger charge is 2.18. The molecule has 0 saturated carbocycles. The van der Waals surface area contributed by atoms with Crippen LogP contribution in [0, 0.1) is 0 Å². The lowest BCUT2D eigenvalue weighted by molar-refractivity contribution is 0.408. The minimum Gasteiger partial charge on any atom is -0.496 e. The van der Waals surface area contributed by atoms with E-state index in [1.54, 1.807) is 7.11 Å². The minimum atomic E-state index is 0.270. The molecule has 0 amide bonds. The monoisotopic (exact) mass is 404 g/mol. The van der Waals surface area contributed by atoms with Crippen LogP contribution in [0.1, 0.15) is 30.9 Å². The summed E-state index contributed by atoms with van der Waals surface area (Å²) in [6.45, 7) is 4.08. The standard InChI is InChI=1S/C23H28N6O/c1-3-4-11-26-22-21-20(27-23(25)28-22)17-7-5-6-8-18(17)29(21)14-16-12-15(13-24)9-10-19(16)30-2/h5-10,12H,3-4,11,13-14,24H2,1-2H3,(H3,25,26,27,28). The fraction of sp³-hybridized carbons (Fsp3) is 0.304. The Morgan fingerprint density at radius 1 is 1.13 bits per heavy atom. The van der Waals surface area contributed by atoms with Crippen molar-refractivity contribution < 1.29 is 4.74 Å². The lowest BCUT2D eigenvalue weighted by Crippen LogP contribution is -2.10. The molecule has 0 fully saturated rings. The lowest BCUT2D eigenvalue weighted by Gasteiger charge is -2.15. The summed E-state index contributed by atoms with van der Waals surface area (Å²) in [5.74, 6) is 1.86. The number of nitrogen functional groups attached to an aromatic ring is 1. The molecular formula is C23H28N6O. The summed E-state index contributed by atoms with van der Waals surface area (Å²) >= 11 is 0. The Morgan fingerprint density at radius 2 is 1.97 bits per heavy atom. The number of hydrogen-bond acceptors (Lipinski definition) is 6. The molecule has 0 bridgehead atoms. The van der Waals surface area contributed by atoms with Crippen molar-refractivity contribution in [3.8, 4) is 5.75 Å². The van der Waals surface area contributed by atoms with Crippen molar-refractivity contribution in [2.24, 2.45) is 5.73 Å². The van der Waals surface area contributed by atoms with Crippen molar-refractivity contribution in [3.63, 3.8) is 0 Å². The van der Waals surface area contributed by atoms with E-state index in [4.69, 9.17) is 16.2 Å². The van der Waals surface area contributed by atoms with Gasteiger partial charge in [-0.1, -0.05) is 37.6 Å². The number of nitrogens with two attached hydrogens (primary N) is 2. The fourth-order valence-corrected chi connectivity index (χ4v) is 3.87. The summed E-state index contributed by atoms with van der Waals surface area (Å²) in [5, 5.41) is 4.51. The molecule has 156 valence electrons. The van der Waals surface area contributed by atoms with Gasteiger partial charge in [0.2, 0.25) is 5.95 Å². The lowest BCUT2D eigenvalue weighted by atomic mass is 10.1. The van der Waals surface area contributed by atoms with Crippen LogP contribution in [-0.2, 0) is 13.1 Å². The van der Waals surface area contributed by atoms with E-state index in [1.165, 1.54) is 0 Å². The fourth-order valence-electron chi connectivity index (χ4n) is 3.87. The summed E-state index contributed by atoms with van der Waals surface area (Å²) in [6.07, 6.45) is 2.15. The van der Waals surface area contributed by atoms with E-state index in [0.717, 1.165) is 64.0 Å². The van der Waals surface area contributed by atoms with Gasteiger partial charge in [-0.05, 0) is 30.2 Å². The molecule has 5 N–H and O–H groups in total. The van der Waals surface area contributed by atoms with Crippen LogP contribution >= 0.6 is 0 Å². The first-order chi connectivity index (χ1) is 14.7. The number of nitrogens with zero attached hydrogens (tertiary/aromatic N) is 3. The minimum absolute atomic E-state index is 0.270. The number of nitrogens with one attached hydrogen (secondary N) is 1. The number of methoxy groups -OCH3 is 1. The van der Waals surface area contributed by atoms with Gasteiger partial charge in [0, 0.05) is 24.0 Å². The van der Waals surface area contributed by atoms with Crippen molar-refractivity contribution in [2.45, 2.75) is 32.9 Å². The van der Waals surface area contributed by atoms with Gasteiger partial charge >= 0.3 is 0 Å². The summed E-state index contributed by atoms with van der Waals surface area (Å²) < 4.78 is 7.86. The van der Waals surface area contributed by atoms with Crippen LogP contribution in [0.15, 0.2) is 42.5 Å². The van der Waals surface area contributed by atoms with Crippen LogP contribution in [0.3, 0.4) is 0 Å². The third-order valence-corrected chi connectivity index (χ3v) is 5.35. The number of benzene rings is 2. The van der Waals surface area contributed by atoms with Crippen molar-refractivity contribution in [3.05, 3.63) is 53.6 Å². The molecule has 7 nitrogen and oxygen atoms in total. The topological polar surface area (TPSA) is 104 Å². The molecule has 0 saturated heterocycles. The maximum absolute atomic E-state index is 6.06. The molecule has 0 radical (unpaired) electrons. The van der Waals surface area contributed by atoms with E-state index in [0.29, 0.717) is 13.1 Å². The summed E-state index contributed by atoms with van der Waals surface area (Å²) in [7, 11) is 1.69. The number of aromatic nitrogens is 3. The molecule has 0 aliphatic rings. The highest BCUT2D eigenvalue weighted by molar-refractivity contribution is 6.09. The Labute approximate surface area is 176 Å². The van der Waals surface area contributed by atoms with E-state index in [1.807, 2.05) is 24.3 Å². The van der Waals surface area contributed by atoms with Gasteiger partial charge in [0.15, 0.2) is 5.82 Å². The third kappa shape index (κ3) is 3.64. The number of rotatable bonds is 8. The number of anilines is 2. The van der Waals surface area contributed by atoms with Crippen molar-refractivity contribution in [1.82, 2.24) is 14.5 Å². The number of hydrogen-bond donors (Lipinski definition) is 3. The maximum Gasteiger partial charge on any atom is 0.222 e. The molecule has 0 atom stereocenters. The Balaban J connectivity index is 1.94. The van der Waals surface area contributed by atoms with Gasteiger partial charge in [-0.25, -0.2) is 4.98 Å². The van der Waals surface area contributed by atoms with E-state index >= 15 is 0 Å². The second-order valence-electron chi connectivity index (χ2n) is 7.36. The quantitative estimate of drug-likeness (QED) is 0.385. The van der Waals surface area contributed by atoms with Crippen LogP contribution < -0.4 is 21.5 Å². The Hall–Kier alpha value is -3.32. The van der Waals surface area contributed by atoms with Crippen LogP contribution in [-0.4, -0.2) is 28.2 Å². The highest BCUT2D eigenvalue weighted by Crippen LogP contribution is 2.34. The zero-order chi connectivity index (χ0) is 21.1. The normalized spacial score (nSPS) is 11.3. The van der Waals surface area contributed by atoms with E-state index in [-0.39, 0.29) is 5.95 Å². The first-order valence-corrected chi connectivity index (χ1v) is 10.3. The van der Waals surface area contributed by atoms with E-state index in [9.17, 15) is 0 Å². The van der Waals surface area contributed by atoms with Gasteiger partial charge in [0.05, 0.1) is 19.2 Å². The van der Waals surface area contributed by atoms with E-state index < -0.39 is 0 Å². The molecule has 30 heavy (non-hydrogen) atoms. The maximum atomic E-state index is 6.06. The largest absolute Gasteiger partial charge is 0.496 e. The SMILES string of the molecule is CCCCNc1nc(N)nc2c3ccccc3n(Cc3cc(CN)ccc3OC)c12. The average Bonchev–Trinajstić information content (AvgIpc) is 3.07. The van der Waals surface area contributed by atoms with Crippen molar-refractivity contribution >= 4 is 33.7 Å². The molecule has 4 rings (SSSR count). The molecule has 0 aliphatic heterocycles. The molecule has 2 aromatic heterocycles. The molecule has 0 unspecified atom stereocenters. The smallest absolute Gasteiger partial charge is 0.222 e. The molecule has 0 aliphatic carbocycles. The molecule has 2 heterocycles. The highest BCUT2D eigenvalue weighted by atomic mass is 16.5. The molecule has 7 heteroatoms. The molecular weight excluding hydrogens is 376 g/mol. The molecule has 4 aromatic rings. The Bertz CT molecular complexity index is 1180. The van der Waals surface area contributed by atoms with Gasteiger partial charge < -0.3 is 26.1 Å². The van der Waals surface area contributed by atoms with Gasteiger partial charge in [0.1, 0.15) is 16.8 Å². The van der Waals surface area contributed by atoms with Gasteiger partial charge in [-0.15, -0.1) is 0 Å². The van der Waals surface area contributed by atoms with Crippen LogP contribution in [0.4, 0.5) is 11.8 Å². The van der Waals surface area contributed by atoms with Gasteiger partial charge in [-0.2, -0.15) is 4.98 Å². The number of ether oxygens (including phenoxy) is 1. The summed E-state index contributed by atoms with van der Waals surface area (Å²) in [5.41, 5.74) is 16.9. The van der Waals surface area contributed by atoms with Crippen molar-refractivity contribution in [1.29, 1.82) is 0 Å². The number of unbranched alkanes of at least 4 members (excludes halogenated alkanes) is 1. The van der Waals surface area contributed by atoms with Crippen molar-refractivity contribution in [2.75, 3.05) is 24.7 Å². The van der Waals surface area contributed by atoms with Gasteiger partial charge in [0.25, 0.3) is 0 Å². The Morgan fingerprint density at radius 3 is 2.73 bits per heavy atom. The number of para-hydroxylation sites is 1. The molecule has 0 spiro atoms. The number of fused-ring (bicyclic) bond motifs is 3. The van der Waals surface area contributed by atoms with E-state index in [2.05, 4.69) is 45.0 Å². The van der Waals surface area contributed by atoms with Crippen LogP contribution in [0.2, 0.25) is 0 Å². The summed E-state index contributed by atoms with van der Waals surface area (Å²) in [4.78, 5) is 9.12. The predicted molar refractivity (Wildman–Crippen MR) is 123 cm³/mol. The van der Waals surface area contributed by atoms with Gasteiger partial charge in [-0.3, -0.25) is 0 Å². The zero-order valence-corrected chi connectivity index (χ0v) is 17.5. The van der Waals surface area contributed by atoms with Crippen LogP contribution in [0.5, 0.6) is 5.75 Å². The second kappa shape index (κ2) is 8.59. The molecule has 2 aromatic carbocycles. The third-order valence-electron chi connectivity index (χ3n) is 5.35.